The van der Waals surface area contributed by atoms with E-state index in [9.17, 15) is 4.79 Å². The molecule has 0 saturated heterocycles. The van der Waals surface area contributed by atoms with E-state index in [0.717, 1.165) is 6.42 Å². The van der Waals surface area contributed by atoms with Crippen LogP contribution in [0.25, 0.3) is 0 Å². The number of fused-ring (bicyclic) bond motifs is 1. The highest BCUT2D eigenvalue weighted by Crippen LogP contribution is 2.22. The molecular weight excluding hydrogens is 226 g/mol. The number of carbonyl (C=O) groups is 1. The maximum Gasteiger partial charge on any atom is 0.304 e. The minimum atomic E-state index is -0.743. The lowest BCUT2D eigenvalue weighted by Gasteiger charge is -2.19. The van der Waals surface area contributed by atoms with Gasteiger partial charge in [0.1, 0.15) is 0 Å². The zero-order valence-corrected chi connectivity index (χ0v) is 10.9. The summed E-state index contributed by atoms with van der Waals surface area (Å²) in [6, 6.07) is 6.65. The summed E-state index contributed by atoms with van der Waals surface area (Å²) in [5.41, 5.74) is 4.18. The molecule has 1 aliphatic rings. The molecular formula is C15H21NO2. The molecule has 2 N–H and O–H groups in total. The Morgan fingerprint density at radius 1 is 1.33 bits per heavy atom. The smallest absolute Gasteiger partial charge is 0.304 e. The van der Waals surface area contributed by atoms with Crippen LogP contribution >= 0.6 is 0 Å². The topological polar surface area (TPSA) is 49.3 Å². The third kappa shape index (κ3) is 3.33. The first-order valence-corrected chi connectivity index (χ1v) is 6.69. The second-order valence-corrected chi connectivity index (χ2v) is 5.10. The first-order chi connectivity index (χ1) is 8.69. The molecule has 0 spiro atoms. The number of carboxylic acid groups (broad SMARTS) is 1. The summed E-state index contributed by atoms with van der Waals surface area (Å²) in [5.74, 6) is -0.743. The van der Waals surface area contributed by atoms with Gasteiger partial charge in [0.25, 0.3) is 0 Å². The molecule has 1 aliphatic carbocycles. The number of likely N-dealkylation sites (N-methyl/N-ethyl adjacent to an activating group) is 1. The van der Waals surface area contributed by atoms with Crippen LogP contribution in [0.1, 0.15) is 36.0 Å². The maximum atomic E-state index is 10.8. The molecule has 0 fully saturated rings. The standard InChI is InChI=1S/C15H21NO2/c1-16-14(10-15(17)18)9-11-6-7-12-4-2-3-5-13(12)8-11/h6-8,14,16H,2-5,9-10H2,1H3,(H,17,18). The van der Waals surface area contributed by atoms with Crippen LogP contribution in [0.3, 0.4) is 0 Å². The molecule has 0 aliphatic heterocycles. The summed E-state index contributed by atoms with van der Waals surface area (Å²) in [6.07, 6.45) is 5.90. The molecule has 0 radical (unpaired) electrons. The lowest BCUT2D eigenvalue weighted by atomic mass is 9.89. The van der Waals surface area contributed by atoms with Gasteiger partial charge in [-0.15, -0.1) is 0 Å². The van der Waals surface area contributed by atoms with Gasteiger partial charge in [0.2, 0.25) is 0 Å². The van der Waals surface area contributed by atoms with Gasteiger partial charge in [-0.3, -0.25) is 4.79 Å². The molecule has 18 heavy (non-hydrogen) atoms. The number of hydrogen-bond donors (Lipinski definition) is 2. The Hall–Kier alpha value is -1.35. The van der Waals surface area contributed by atoms with E-state index in [-0.39, 0.29) is 12.5 Å². The van der Waals surface area contributed by atoms with Gasteiger partial charge in [0.05, 0.1) is 6.42 Å². The Morgan fingerprint density at radius 3 is 2.72 bits per heavy atom. The Morgan fingerprint density at radius 2 is 2.06 bits per heavy atom. The summed E-state index contributed by atoms with van der Waals surface area (Å²) < 4.78 is 0. The Labute approximate surface area is 108 Å². The average molecular weight is 247 g/mol. The quantitative estimate of drug-likeness (QED) is 0.838. The molecule has 1 aromatic rings. The minimum absolute atomic E-state index is 0.0177. The van der Waals surface area contributed by atoms with Crippen molar-refractivity contribution in [3.63, 3.8) is 0 Å². The second kappa shape index (κ2) is 6.01. The number of benzene rings is 1. The third-order valence-corrected chi connectivity index (χ3v) is 3.72. The molecule has 98 valence electrons. The van der Waals surface area contributed by atoms with Crippen molar-refractivity contribution in [2.45, 2.75) is 44.6 Å². The first-order valence-electron chi connectivity index (χ1n) is 6.69. The lowest BCUT2D eigenvalue weighted by Crippen LogP contribution is -2.30. The van der Waals surface area contributed by atoms with E-state index in [4.69, 9.17) is 5.11 Å². The second-order valence-electron chi connectivity index (χ2n) is 5.10. The van der Waals surface area contributed by atoms with E-state index in [0.29, 0.717) is 0 Å². The lowest BCUT2D eigenvalue weighted by molar-refractivity contribution is -0.137. The van der Waals surface area contributed by atoms with Crippen LogP contribution in [0.5, 0.6) is 0 Å². The number of aryl methyl sites for hydroxylation is 2. The summed E-state index contributed by atoms with van der Waals surface area (Å²) >= 11 is 0. The van der Waals surface area contributed by atoms with E-state index >= 15 is 0 Å². The van der Waals surface area contributed by atoms with Crippen molar-refractivity contribution in [2.75, 3.05) is 7.05 Å². The van der Waals surface area contributed by atoms with Crippen molar-refractivity contribution >= 4 is 5.97 Å². The zero-order chi connectivity index (χ0) is 13.0. The van der Waals surface area contributed by atoms with E-state index in [1.165, 1.54) is 42.4 Å². The van der Waals surface area contributed by atoms with Gasteiger partial charge in [-0.05, 0) is 55.8 Å². The van der Waals surface area contributed by atoms with E-state index in [2.05, 4.69) is 23.5 Å². The van der Waals surface area contributed by atoms with Crippen LogP contribution < -0.4 is 5.32 Å². The summed E-state index contributed by atoms with van der Waals surface area (Å²) in [5, 5.41) is 11.9. The molecule has 3 nitrogen and oxygen atoms in total. The Balaban J connectivity index is 2.06. The fourth-order valence-electron chi connectivity index (χ4n) is 2.69. The summed E-state index contributed by atoms with van der Waals surface area (Å²) in [7, 11) is 1.83. The van der Waals surface area contributed by atoms with E-state index < -0.39 is 5.97 Å². The fraction of sp³-hybridized carbons (Fsp3) is 0.533. The number of carboxylic acids is 1. The van der Waals surface area contributed by atoms with Crippen molar-refractivity contribution in [2.24, 2.45) is 0 Å². The van der Waals surface area contributed by atoms with Crippen LogP contribution in [0.4, 0.5) is 0 Å². The highest BCUT2D eigenvalue weighted by Gasteiger charge is 2.14. The van der Waals surface area contributed by atoms with Crippen molar-refractivity contribution in [3.8, 4) is 0 Å². The molecule has 0 aromatic heterocycles. The third-order valence-electron chi connectivity index (χ3n) is 3.72. The molecule has 1 atom stereocenters. The molecule has 0 amide bonds. The van der Waals surface area contributed by atoms with Crippen molar-refractivity contribution in [1.82, 2.24) is 5.32 Å². The van der Waals surface area contributed by atoms with E-state index in [1.54, 1.807) is 0 Å². The Bertz CT molecular complexity index is 429. The first kappa shape index (κ1) is 13.1. The predicted molar refractivity (Wildman–Crippen MR) is 71.9 cm³/mol. The molecule has 3 heteroatoms. The van der Waals surface area contributed by atoms with Gasteiger partial charge >= 0.3 is 5.97 Å². The minimum Gasteiger partial charge on any atom is -0.481 e. The normalized spacial score (nSPS) is 16.1. The molecule has 1 unspecified atom stereocenters. The highest BCUT2D eigenvalue weighted by molar-refractivity contribution is 5.67. The monoisotopic (exact) mass is 247 g/mol. The summed E-state index contributed by atoms with van der Waals surface area (Å²) in [4.78, 5) is 10.8. The molecule has 0 saturated carbocycles. The zero-order valence-electron chi connectivity index (χ0n) is 10.9. The molecule has 2 rings (SSSR count). The van der Waals surface area contributed by atoms with Crippen LogP contribution in [0.15, 0.2) is 18.2 Å². The molecule has 0 heterocycles. The average Bonchev–Trinajstić information content (AvgIpc) is 2.37. The number of nitrogens with one attached hydrogen (secondary N) is 1. The highest BCUT2D eigenvalue weighted by atomic mass is 16.4. The van der Waals surface area contributed by atoms with Crippen LogP contribution in [0, 0.1) is 0 Å². The van der Waals surface area contributed by atoms with Crippen LogP contribution in [-0.4, -0.2) is 24.2 Å². The van der Waals surface area contributed by atoms with Gasteiger partial charge in [0.15, 0.2) is 0 Å². The van der Waals surface area contributed by atoms with Gasteiger partial charge in [0, 0.05) is 6.04 Å². The number of rotatable bonds is 5. The molecule has 1 aromatic carbocycles. The number of hydrogen-bond acceptors (Lipinski definition) is 2. The fourth-order valence-corrected chi connectivity index (χ4v) is 2.69. The predicted octanol–water partition coefficient (Wildman–Crippen LogP) is 2.17. The summed E-state index contributed by atoms with van der Waals surface area (Å²) in [6.45, 7) is 0. The SMILES string of the molecule is CNC(CC(=O)O)Cc1ccc2c(c1)CCCC2. The van der Waals surface area contributed by atoms with Gasteiger partial charge in [-0.2, -0.15) is 0 Å². The van der Waals surface area contributed by atoms with Crippen LogP contribution in [0.2, 0.25) is 0 Å². The van der Waals surface area contributed by atoms with E-state index in [1.807, 2.05) is 7.05 Å². The molecule has 0 bridgehead atoms. The van der Waals surface area contributed by atoms with Crippen molar-refractivity contribution < 1.29 is 9.90 Å². The van der Waals surface area contributed by atoms with Crippen LogP contribution in [-0.2, 0) is 24.1 Å². The maximum absolute atomic E-state index is 10.8. The Kier molecular flexibility index (Phi) is 4.37. The van der Waals surface area contributed by atoms with Gasteiger partial charge in [-0.1, -0.05) is 18.2 Å². The number of aliphatic carboxylic acids is 1. The van der Waals surface area contributed by atoms with Crippen molar-refractivity contribution in [3.05, 3.63) is 34.9 Å². The van der Waals surface area contributed by atoms with Gasteiger partial charge in [-0.25, -0.2) is 0 Å². The van der Waals surface area contributed by atoms with Gasteiger partial charge < -0.3 is 10.4 Å². The largest absolute Gasteiger partial charge is 0.481 e. The van der Waals surface area contributed by atoms with Crippen molar-refractivity contribution in [1.29, 1.82) is 0 Å².